The lowest BCUT2D eigenvalue weighted by Crippen LogP contribution is -2.28. The molecule has 21 heavy (non-hydrogen) atoms. The molecule has 6 nitrogen and oxygen atoms in total. The maximum absolute atomic E-state index is 12.3. The Kier molecular flexibility index (Phi) is 5.64. The molecule has 0 saturated heterocycles. The maximum Gasteiger partial charge on any atom is 0.328 e. The summed E-state index contributed by atoms with van der Waals surface area (Å²) in [6, 6.07) is 0.348. The number of hydrogen-bond acceptors (Lipinski definition) is 4. The molecule has 1 heterocycles. The van der Waals surface area contributed by atoms with Crippen LogP contribution in [-0.2, 0) is 20.8 Å². The van der Waals surface area contributed by atoms with Crippen LogP contribution in [-0.4, -0.2) is 30.4 Å². The third-order valence-electron chi connectivity index (χ3n) is 3.93. The molecule has 0 amide bonds. The highest BCUT2D eigenvalue weighted by Gasteiger charge is 2.17. The van der Waals surface area contributed by atoms with E-state index in [0.717, 1.165) is 25.5 Å². The summed E-state index contributed by atoms with van der Waals surface area (Å²) in [5, 5.41) is 0. The van der Waals surface area contributed by atoms with Crippen molar-refractivity contribution in [2.75, 3.05) is 12.9 Å². The van der Waals surface area contributed by atoms with Crippen molar-refractivity contribution in [3.05, 3.63) is 22.9 Å². The summed E-state index contributed by atoms with van der Waals surface area (Å²) < 4.78 is 29.9. The summed E-state index contributed by atoms with van der Waals surface area (Å²) in [7, 11) is -3.36. The van der Waals surface area contributed by atoms with E-state index in [2.05, 4.69) is 4.18 Å². The van der Waals surface area contributed by atoms with Gasteiger partial charge in [-0.1, -0.05) is 19.3 Å². The largest absolute Gasteiger partial charge is 0.328 e. The van der Waals surface area contributed by atoms with Gasteiger partial charge in [-0.25, -0.2) is 4.79 Å². The Bertz CT molecular complexity index is 597. The van der Waals surface area contributed by atoms with Crippen molar-refractivity contribution < 1.29 is 12.6 Å². The van der Waals surface area contributed by atoms with E-state index in [1.54, 1.807) is 4.57 Å². The number of aryl methyl sites for hydroxylation is 1. The van der Waals surface area contributed by atoms with E-state index in [1.807, 2.05) is 17.0 Å². The molecule has 0 radical (unpaired) electrons. The van der Waals surface area contributed by atoms with Crippen LogP contribution in [0.1, 0.15) is 51.0 Å². The van der Waals surface area contributed by atoms with Crippen LogP contribution in [0, 0.1) is 0 Å². The van der Waals surface area contributed by atoms with Gasteiger partial charge in [-0.3, -0.25) is 13.3 Å². The molecule has 1 aliphatic carbocycles. The Morgan fingerprint density at radius 3 is 2.57 bits per heavy atom. The van der Waals surface area contributed by atoms with Crippen LogP contribution in [0.25, 0.3) is 0 Å². The van der Waals surface area contributed by atoms with Gasteiger partial charge in [0.05, 0.1) is 12.9 Å². The van der Waals surface area contributed by atoms with E-state index in [0.29, 0.717) is 19.0 Å². The molecule has 1 aliphatic rings. The molecule has 1 aromatic rings. The Hall–Kier alpha value is -1.08. The van der Waals surface area contributed by atoms with Crippen LogP contribution < -0.4 is 5.69 Å². The molecule has 1 aromatic heterocycles. The molecule has 0 unspecified atom stereocenters. The molecule has 2 rings (SSSR count). The lowest BCUT2D eigenvalue weighted by atomic mass is 9.95. The average Bonchev–Trinajstić information content (AvgIpc) is 2.80. The summed E-state index contributed by atoms with van der Waals surface area (Å²) in [5.41, 5.74) is 0.0472. The molecule has 0 spiro atoms. The van der Waals surface area contributed by atoms with Gasteiger partial charge in [0.15, 0.2) is 0 Å². The summed E-state index contributed by atoms with van der Waals surface area (Å²) in [6.45, 7) is 0.780. The van der Waals surface area contributed by atoms with Gasteiger partial charge in [-0.05, 0) is 25.7 Å². The number of nitrogens with zero attached hydrogens (tertiary/aromatic N) is 2. The molecule has 1 fully saturated rings. The van der Waals surface area contributed by atoms with Crippen LogP contribution in [0.3, 0.4) is 0 Å². The first-order valence-electron chi connectivity index (χ1n) is 7.59. The van der Waals surface area contributed by atoms with Crippen molar-refractivity contribution in [2.45, 2.75) is 57.5 Å². The van der Waals surface area contributed by atoms with Crippen LogP contribution in [0.15, 0.2) is 17.2 Å². The molecule has 1 saturated carbocycles. The number of imidazole rings is 1. The van der Waals surface area contributed by atoms with Crippen LogP contribution >= 0.6 is 0 Å². The van der Waals surface area contributed by atoms with Crippen molar-refractivity contribution in [2.24, 2.45) is 0 Å². The van der Waals surface area contributed by atoms with Crippen molar-refractivity contribution in [3.8, 4) is 0 Å². The Labute approximate surface area is 125 Å². The predicted octanol–water partition coefficient (Wildman–Crippen LogP) is 1.91. The van der Waals surface area contributed by atoms with Gasteiger partial charge in [0, 0.05) is 25.0 Å². The molecule has 120 valence electrons. The first-order chi connectivity index (χ1) is 9.97. The topological polar surface area (TPSA) is 70.3 Å². The third-order valence-corrected chi connectivity index (χ3v) is 4.53. The van der Waals surface area contributed by atoms with Crippen molar-refractivity contribution >= 4 is 10.1 Å². The normalized spacial score (nSPS) is 17.2. The van der Waals surface area contributed by atoms with Crippen molar-refractivity contribution in [3.63, 3.8) is 0 Å². The van der Waals surface area contributed by atoms with Gasteiger partial charge in [-0.2, -0.15) is 8.42 Å². The zero-order valence-electron chi connectivity index (χ0n) is 12.5. The quantitative estimate of drug-likeness (QED) is 0.569. The minimum atomic E-state index is -3.36. The smallest absolute Gasteiger partial charge is 0.299 e. The highest BCUT2D eigenvalue weighted by Crippen LogP contribution is 2.26. The second-order valence-corrected chi connectivity index (χ2v) is 7.35. The van der Waals surface area contributed by atoms with Gasteiger partial charge < -0.3 is 0 Å². The van der Waals surface area contributed by atoms with E-state index in [4.69, 9.17) is 0 Å². The van der Waals surface area contributed by atoms with Crippen LogP contribution in [0.2, 0.25) is 0 Å². The van der Waals surface area contributed by atoms with E-state index in [-0.39, 0.29) is 12.3 Å². The van der Waals surface area contributed by atoms with Crippen LogP contribution in [0.4, 0.5) is 0 Å². The maximum atomic E-state index is 12.3. The number of hydrogen-bond donors (Lipinski definition) is 0. The van der Waals surface area contributed by atoms with Gasteiger partial charge >= 0.3 is 5.69 Å². The fourth-order valence-electron chi connectivity index (χ4n) is 2.83. The molecule has 0 bridgehead atoms. The number of unbranched alkanes of at least 4 members (excludes halogenated alkanes) is 1. The third kappa shape index (κ3) is 5.00. The second kappa shape index (κ2) is 7.26. The Morgan fingerprint density at radius 2 is 1.90 bits per heavy atom. The summed E-state index contributed by atoms with van der Waals surface area (Å²) in [5.74, 6) is 0. The first kappa shape index (κ1) is 16.3. The van der Waals surface area contributed by atoms with Crippen molar-refractivity contribution in [1.82, 2.24) is 9.13 Å². The minimum absolute atomic E-state index is 0.0472. The molecular formula is C14H24N2O4S. The molecule has 0 atom stereocenters. The highest BCUT2D eigenvalue weighted by molar-refractivity contribution is 7.85. The first-order valence-corrected chi connectivity index (χ1v) is 9.41. The minimum Gasteiger partial charge on any atom is -0.299 e. The monoisotopic (exact) mass is 316 g/mol. The molecule has 0 aliphatic heterocycles. The fraction of sp³-hybridized carbons (Fsp3) is 0.786. The summed E-state index contributed by atoms with van der Waals surface area (Å²) in [4.78, 5) is 12.3. The summed E-state index contributed by atoms with van der Waals surface area (Å²) in [6.07, 6.45) is 11.9. The zero-order valence-corrected chi connectivity index (χ0v) is 13.3. The van der Waals surface area contributed by atoms with E-state index < -0.39 is 10.1 Å². The average molecular weight is 316 g/mol. The van der Waals surface area contributed by atoms with E-state index >= 15 is 0 Å². The molecular weight excluding hydrogens is 292 g/mol. The van der Waals surface area contributed by atoms with Gasteiger partial charge in [-0.15, -0.1) is 0 Å². The van der Waals surface area contributed by atoms with Crippen LogP contribution in [0.5, 0.6) is 0 Å². The predicted molar refractivity (Wildman–Crippen MR) is 80.8 cm³/mol. The SMILES string of the molecule is CS(=O)(=O)OCCCCn1ccn(C2CCCCC2)c1=O. The standard InChI is InChI=1S/C14H24N2O4S/c1-21(18,19)20-12-6-5-9-15-10-11-16(14(15)17)13-7-3-2-4-8-13/h10-11,13H,2-9,12H2,1H3. The second-order valence-electron chi connectivity index (χ2n) is 5.71. The Balaban J connectivity index is 1.82. The van der Waals surface area contributed by atoms with Gasteiger partial charge in [0.25, 0.3) is 10.1 Å². The van der Waals surface area contributed by atoms with E-state index in [1.165, 1.54) is 19.3 Å². The Morgan fingerprint density at radius 1 is 1.19 bits per heavy atom. The molecule has 0 aromatic carbocycles. The van der Waals surface area contributed by atoms with Gasteiger partial charge in [0.2, 0.25) is 0 Å². The van der Waals surface area contributed by atoms with Gasteiger partial charge in [0.1, 0.15) is 0 Å². The number of rotatable bonds is 7. The molecule has 0 N–H and O–H groups in total. The van der Waals surface area contributed by atoms with E-state index in [9.17, 15) is 13.2 Å². The summed E-state index contributed by atoms with van der Waals surface area (Å²) >= 11 is 0. The van der Waals surface area contributed by atoms with Crippen molar-refractivity contribution in [1.29, 1.82) is 0 Å². The number of aromatic nitrogens is 2. The highest BCUT2D eigenvalue weighted by atomic mass is 32.2. The lowest BCUT2D eigenvalue weighted by Gasteiger charge is -2.22. The molecule has 7 heteroatoms. The lowest BCUT2D eigenvalue weighted by molar-refractivity contribution is 0.307. The fourth-order valence-corrected chi connectivity index (χ4v) is 3.25. The zero-order chi connectivity index (χ0) is 15.3.